The lowest BCUT2D eigenvalue weighted by Gasteiger charge is -2.33. The van der Waals surface area contributed by atoms with E-state index in [0.717, 1.165) is 68.8 Å². The fourth-order valence-electron chi connectivity index (χ4n) is 4.76. The Bertz CT molecular complexity index is 903. The van der Waals surface area contributed by atoms with Gasteiger partial charge >= 0.3 is 0 Å². The Kier molecular flexibility index (Phi) is 5.00. The zero-order chi connectivity index (χ0) is 19.8. The van der Waals surface area contributed by atoms with Gasteiger partial charge in [-0.2, -0.15) is 0 Å². The molecule has 5 rings (SSSR count). The first kappa shape index (κ1) is 18.6. The van der Waals surface area contributed by atoms with E-state index < -0.39 is 0 Å². The summed E-state index contributed by atoms with van der Waals surface area (Å²) in [6, 6.07) is 13.5. The molecule has 1 atom stereocenters. The van der Waals surface area contributed by atoms with E-state index in [9.17, 15) is 9.18 Å². The smallest absolute Gasteiger partial charge is 0.227 e. The molecule has 0 radical (unpaired) electrons. The van der Waals surface area contributed by atoms with Crippen molar-refractivity contribution in [2.75, 3.05) is 36.8 Å². The van der Waals surface area contributed by atoms with Crippen molar-refractivity contribution in [1.82, 2.24) is 4.90 Å². The number of nitrogens with one attached hydrogen (secondary N) is 2. The maximum atomic E-state index is 13.6. The number of halogens is 1. The van der Waals surface area contributed by atoms with Gasteiger partial charge in [-0.15, -0.1) is 0 Å². The van der Waals surface area contributed by atoms with Crippen molar-refractivity contribution in [1.29, 1.82) is 0 Å². The van der Waals surface area contributed by atoms with Crippen LogP contribution in [0, 0.1) is 11.7 Å². The lowest BCUT2D eigenvalue weighted by Crippen LogP contribution is -2.36. The van der Waals surface area contributed by atoms with Crippen LogP contribution in [0.4, 0.5) is 15.8 Å². The van der Waals surface area contributed by atoms with E-state index in [1.807, 2.05) is 12.1 Å². The number of fused-ring (bicyclic) bond motifs is 1. The lowest BCUT2D eigenvalue weighted by atomic mass is 9.88. The van der Waals surface area contributed by atoms with Crippen LogP contribution < -0.4 is 10.6 Å². The second kappa shape index (κ2) is 7.79. The summed E-state index contributed by atoms with van der Waals surface area (Å²) in [6.07, 6.45) is 4.29. The highest BCUT2D eigenvalue weighted by Crippen LogP contribution is 2.35. The predicted molar refractivity (Wildman–Crippen MR) is 114 cm³/mol. The van der Waals surface area contributed by atoms with Crippen LogP contribution in [0.5, 0.6) is 0 Å². The molecule has 0 spiro atoms. The van der Waals surface area contributed by atoms with E-state index in [4.69, 9.17) is 0 Å². The quantitative estimate of drug-likeness (QED) is 0.783. The molecule has 152 valence electrons. The molecule has 1 aliphatic carbocycles. The standard InChI is InChI=1S/C24H28FN3O/c25-20-6-7-23-22(13-20)19(14-26-23)15-28-10-8-16(9-11-28)18-2-1-3-21(12-18)27-24(29)17-4-5-17/h1-3,6-7,12-13,16-17,19,26H,4-5,8-11,14-15H2,(H,27,29). The molecular formula is C24H28FN3O. The average molecular weight is 394 g/mol. The number of carbonyl (C=O) groups is 1. The number of anilines is 2. The van der Waals surface area contributed by atoms with Gasteiger partial charge in [0.1, 0.15) is 5.82 Å². The normalized spacial score (nSPS) is 22.2. The molecule has 5 heteroatoms. The molecule has 2 aromatic carbocycles. The van der Waals surface area contributed by atoms with Crippen molar-refractivity contribution >= 4 is 17.3 Å². The second-order valence-electron chi connectivity index (χ2n) is 8.77. The monoisotopic (exact) mass is 393 g/mol. The number of nitrogens with zero attached hydrogens (tertiary/aromatic N) is 1. The van der Waals surface area contributed by atoms with Crippen LogP contribution in [0.3, 0.4) is 0 Å². The topological polar surface area (TPSA) is 44.4 Å². The minimum Gasteiger partial charge on any atom is -0.384 e. The second-order valence-corrected chi connectivity index (χ2v) is 8.77. The third-order valence-electron chi connectivity index (χ3n) is 6.63. The predicted octanol–water partition coefficient (Wildman–Crippen LogP) is 4.56. The van der Waals surface area contributed by atoms with Crippen LogP contribution >= 0.6 is 0 Å². The molecule has 2 N–H and O–H groups in total. The molecule has 4 nitrogen and oxygen atoms in total. The van der Waals surface area contributed by atoms with Gasteiger partial charge in [0.15, 0.2) is 0 Å². The molecule has 2 heterocycles. The van der Waals surface area contributed by atoms with Gasteiger partial charge in [-0.1, -0.05) is 12.1 Å². The largest absolute Gasteiger partial charge is 0.384 e. The number of hydrogen-bond acceptors (Lipinski definition) is 3. The summed E-state index contributed by atoms with van der Waals surface area (Å²) < 4.78 is 13.6. The summed E-state index contributed by atoms with van der Waals surface area (Å²) in [4.78, 5) is 14.5. The number of carbonyl (C=O) groups excluding carboxylic acids is 1. The number of likely N-dealkylation sites (tertiary alicyclic amines) is 1. The molecule has 0 aromatic heterocycles. The summed E-state index contributed by atoms with van der Waals surface area (Å²) in [5.41, 5.74) is 4.45. The van der Waals surface area contributed by atoms with Crippen molar-refractivity contribution in [2.45, 2.75) is 37.5 Å². The van der Waals surface area contributed by atoms with Crippen LogP contribution in [0.2, 0.25) is 0 Å². The van der Waals surface area contributed by atoms with Crippen LogP contribution in [-0.2, 0) is 4.79 Å². The molecule has 1 unspecified atom stereocenters. The fraction of sp³-hybridized carbons (Fsp3) is 0.458. The van der Waals surface area contributed by atoms with Crippen LogP contribution in [0.1, 0.15) is 48.6 Å². The van der Waals surface area contributed by atoms with E-state index >= 15 is 0 Å². The molecule has 1 saturated heterocycles. The minimum atomic E-state index is -0.148. The highest BCUT2D eigenvalue weighted by molar-refractivity contribution is 5.94. The third kappa shape index (κ3) is 4.15. The number of benzene rings is 2. The summed E-state index contributed by atoms with van der Waals surface area (Å²) in [5, 5.41) is 6.48. The first-order valence-electron chi connectivity index (χ1n) is 10.8. The van der Waals surface area contributed by atoms with Gasteiger partial charge in [0, 0.05) is 36.3 Å². The molecule has 3 aliphatic rings. The van der Waals surface area contributed by atoms with Gasteiger partial charge < -0.3 is 15.5 Å². The molecule has 2 aliphatic heterocycles. The van der Waals surface area contributed by atoms with Gasteiger partial charge in [0.2, 0.25) is 5.91 Å². The zero-order valence-corrected chi connectivity index (χ0v) is 16.7. The van der Waals surface area contributed by atoms with Crippen LogP contribution in [0.25, 0.3) is 0 Å². The van der Waals surface area contributed by atoms with Crippen molar-refractivity contribution in [3.8, 4) is 0 Å². The third-order valence-corrected chi connectivity index (χ3v) is 6.63. The Morgan fingerprint density at radius 3 is 2.72 bits per heavy atom. The van der Waals surface area contributed by atoms with Crippen LogP contribution in [0.15, 0.2) is 42.5 Å². The highest BCUT2D eigenvalue weighted by Gasteiger charge is 2.30. The van der Waals surface area contributed by atoms with E-state index in [-0.39, 0.29) is 17.6 Å². The number of rotatable bonds is 5. The maximum Gasteiger partial charge on any atom is 0.227 e. The highest BCUT2D eigenvalue weighted by atomic mass is 19.1. The van der Waals surface area contributed by atoms with Gasteiger partial charge in [-0.3, -0.25) is 4.79 Å². The molecule has 2 fully saturated rings. The van der Waals surface area contributed by atoms with Crippen molar-refractivity contribution in [3.63, 3.8) is 0 Å². The van der Waals surface area contributed by atoms with E-state index in [1.54, 1.807) is 6.07 Å². The Morgan fingerprint density at radius 2 is 1.93 bits per heavy atom. The fourth-order valence-corrected chi connectivity index (χ4v) is 4.76. The Hall–Kier alpha value is -2.40. The zero-order valence-electron chi connectivity index (χ0n) is 16.7. The Morgan fingerprint density at radius 1 is 1.10 bits per heavy atom. The van der Waals surface area contributed by atoms with E-state index in [1.165, 1.54) is 11.6 Å². The van der Waals surface area contributed by atoms with Gasteiger partial charge in [-0.05, 0) is 86.1 Å². The molecule has 29 heavy (non-hydrogen) atoms. The van der Waals surface area contributed by atoms with Gasteiger partial charge in [0.05, 0.1) is 0 Å². The first-order chi connectivity index (χ1) is 14.2. The Labute approximate surface area is 171 Å². The molecular weight excluding hydrogens is 365 g/mol. The van der Waals surface area contributed by atoms with Gasteiger partial charge in [-0.25, -0.2) is 4.39 Å². The number of amides is 1. The molecule has 0 bridgehead atoms. The van der Waals surface area contributed by atoms with E-state index in [0.29, 0.717) is 11.8 Å². The number of hydrogen-bond donors (Lipinski definition) is 2. The summed E-state index contributed by atoms with van der Waals surface area (Å²) in [6.45, 7) is 3.99. The first-order valence-corrected chi connectivity index (χ1v) is 10.8. The lowest BCUT2D eigenvalue weighted by molar-refractivity contribution is -0.117. The minimum absolute atomic E-state index is 0.148. The van der Waals surface area contributed by atoms with Crippen molar-refractivity contribution in [3.05, 3.63) is 59.4 Å². The SMILES string of the molecule is O=C(Nc1cccc(C2CCN(CC3CNc4ccc(F)cc43)CC2)c1)C1CC1. The summed E-state index contributed by atoms with van der Waals surface area (Å²) >= 11 is 0. The summed E-state index contributed by atoms with van der Waals surface area (Å²) in [5.74, 6) is 1.14. The average Bonchev–Trinajstić information content (AvgIpc) is 3.52. The summed E-state index contributed by atoms with van der Waals surface area (Å²) in [7, 11) is 0. The molecule has 1 amide bonds. The van der Waals surface area contributed by atoms with Gasteiger partial charge in [0.25, 0.3) is 0 Å². The van der Waals surface area contributed by atoms with Crippen molar-refractivity contribution < 1.29 is 9.18 Å². The molecule has 1 saturated carbocycles. The van der Waals surface area contributed by atoms with Crippen molar-refractivity contribution in [2.24, 2.45) is 5.92 Å². The maximum absolute atomic E-state index is 13.6. The number of piperidine rings is 1. The van der Waals surface area contributed by atoms with E-state index in [2.05, 4.69) is 33.7 Å². The van der Waals surface area contributed by atoms with Crippen LogP contribution in [-0.4, -0.2) is 37.0 Å². The molecule has 2 aromatic rings. The Balaban J connectivity index is 1.17.